The summed E-state index contributed by atoms with van der Waals surface area (Å²) in [5, 5.41) is 7.74. The highest BCUT2D eigenvalue weighted by Gasteiger charge is 2.14. The Balaban J connectivity index is 2.06. The normalized spacial score (nSPS) is 10.4. The number of carbonyl (C=O) groups is 1. The molecule has 1 aromatic heterocycles. The molecule has 1 amide bonds. The van der Waals surface area contributed by atoms with Gasteiger partial charge in [-0.25, -0.2) is 0 Å². The monoisotopic (exact) mass is 339 g/mol. The molecule has 2 aromatic rings. The number of amides is 1. The van der Waals surface area contributed by atoms with E-state index in [9.17, 15) is 4.79 Å². The van der Waals surface area contributed by atoms with Crippen LogP contribution in [-0.4, -0.2) is 20.8 Å². The average Bonchev–Trinajstić information content (AvgIpc) is 2.90. The number of rotatable bonds is 5. The minimum absolute atomic E-state index is 0.139. The Hall–Kier alpha value is -1.27. The van der Waals surface area contributed by atoms with Crippen LogP contribution in [0.1, 0.15) is 27.9 Å². The highest BCUT2D eigenvalue weighted by molar-refractivity contribution is 9.09. The molecular weight excluding hydrogens is 326 g/mol. The third-order valence-corrected chi connectivity index (χ3v) is 3.86. The van der Waals surface area contributed by atoms with Crippen LogP contribution in [0.2, 0.25) is 0 Å². The highest BCUT2D eigenvalue weighted by Crippen LogP contribution is 2.16. The van der Waals surface area contributed by atoms with Crippen molar-refractivity contribution in [2.75, 3.05) is 10.6 Å². The molecule has 6 heteroatoms. The Bertz CT molecular complexity index is 553. The number of anilines is 1. The van der Waals surface area contributed by atoms with Gasteiger partial charge in [-0.3, -0.25) is 4.79 Å². The standard InChI is InChI=1S/C13H14BrN3OS/c1-2-11-12(19-17-16-11)13(18)15-10-5-3-9(4-6-10)7-8-14/h3-6H,2,7-8H2,1H3,(H,15,18). The summed E-state index contributed by atoms with van der Waals surface area (Å²) in [7, 11) is 0. The molecule has 0 atom stereocenters. The molecule has 0 saturated heterocycles. The van der Waals surface area contributed by atoms with Gasteiger partial charge >= 0.3 is 0 Å². The largest absolute Gasteiger partial charge is 0.321 e. The van der Waals surface area contributed by atoms with Crippen LogP contribution in [-0.2, 0) is 12.8 Å². The maximum atomic E-state index is 12.1. The second kappa shape index (κ2) is 6.77. The molecule has 0 saturated carbocycles. The zero-order valence-electron chi connectivity index (χ0n) is 10.5. The van der Waals surface area contributed by atoms with Crippen LogP contribution in [0.5, 0.6) is 0 Å². The Kier molecular flexibility index (Phi) is 5.04. The maximum Gasteiger partial charge on any atom is 0.269 e. The molecule has 19 heavy (non-hydrogen) atoms. The smallest absolute Gasteiger partial charge is 0.269 e. The van der Waals surface area contributed by atoms with Crippen molar-refractivity contribution in [3.05, 3.63) is 40.4 Å². The van der Waals surface area contributed by atoms with Crippen molar-refractivity contribution in [1.29, 1.82) is 0 Å². The summed E-state index contributed by atoms with van der Waals surface area (Å²) in [4.78, 5) is 12.7. The molecule has 1 N–H and O–H groups in total. The summed E-state index contributed by atoms with van der Waals surface area (Å²) < 4.78 is 3.82. The van der Waals surface area contributed by atoms with Gasteiger partial charge in [-0.15, -0.1) is 5.10 Å². The zero-order valence-corrected chi connectivity index (χ0v) is 12.9. The quantitative estimate of drug-likeness (QED) is 0.850. The highest BCUT2D eigenvalue weighted by atomic mass is 79.9. The summed E-state index contributed by atoms with van der Waals surface area (Å²) in [6.07, 6.45) is 1.69. The van der Waals surface area contributed by atoms with Crippen LogP contribution in [0.3, 0.4) is 0 Å². The van der Waals surface area contributed by atoms with E-state index in [2.05, 4.69) is 30.8 Å². The summed E-state index contributed by atoms with van der Waals surface area (Å²) in [5.41, 5.74) is 2.78. The van der Waals surface area contributed by atoms with E-state index in [1.165, 1.54) is 5.56 Å². The molecule has 4 nitrogen and oxygen atoms in total. The van der Waals surface area contributed by atoms with Gasteiger partial charge in [0.05, 0.1) is 5.69 Å². The van der Waals surface area contributed by atoms with Crippen molar-refractivity contribution < 1.29 is 4.79 Å². The summed E-state index contributed by atoms with van der Waals surface area (Å²) >= 11 is 4.54. The average molecular weight is 340 g/mol. The number of aryl methyl sites for hydroxylation is 2. The molecule has 0 fully saturated rings. The number of hydrogen-bond donors (Lipinski definition) is 1. The lowest BCUT2D eigenvalue weighted by molar-refractivity contribution is 0.102. The lowest BCUT2D eigenvalue weighted by Crippen LogP contribution is -2.12. The molecule has 0 aliphatic carbocycles. The van der Waals surface area contributed by atoms with E-state index in [0.29, 0.717) is 11.3 Å². The Labute approximate surface area is 124 Å². The molecule has 0 unspecified atom stereocenters. The van der Waals surface area contributed by atoms with E-state index >= 15 is 0 Å². The summed E-state index contributed by atoms with van der Waals surface area (Å²) in [6.45, 7) is 1.96. The van der Waals surface area contributed by atoms with Crippen LogP contribution in [0.15, 0.2) is 24.3 Å². The van der Waals surface area contributed by atoms with Crippen LogP contribution < -0.4 is 5.32 Å². The van der Waals surface area contributed by atoms with Gasteiger partial charge in [-0.2, -0.15) is 0 Å². The molecule has 0 aliphatic heterocycles. The van der Waals surface area contributed by atoms with E-state index < -0.39 is 0 Å². The fraction of sp³-hybridized carbons (Fsp3) is 0.308. The van der Waals surface area contributed by atoms with E-state index in [1.54, 1.807) is 0 Å². The van der Waals surface area contributed by atoms with E-state index in [1.807, 2.05) is 31.2 Å². The lowest BCUT2D eigenvalue weighted by Gasteiger charge is -2.05. The number of carbonyl (C=O) groups excluding carboxylic acids is 1. The second-order valence-electron chi connectivity index (χ2n) is 3.99. The number of nitrogens with zero attached hydrogens (tertiary/aromatic N) is 2. The van der Waals surface area contributed by atoms with Crippen molar-refractivity contribution in [3.8, 4) is 0 Å². The fourth-order valence-electron chi connectivity index (χ4n) is 1.66. The van der Waals surface area contributed by atoms with E-state index in [0.717, 1.165) is 34.7 Å². The Morgan fingerprint density at radius 3 is 2.74 bits per heavy atom. The van der Waals surface area contributed by atoms with Crippen molar-refractivity contribution in [2.24, 2.45) is 0 Å². The van der Waals surface area contributed by atoms with Crippen LogP contribution >= 0.6 is 27.5 Å². The van der Waals surface area contributed by atoms with Gasteiger partial charge in [-0.1, -0.05) is 39.5 Å². The predicted octanol–water partition coefficient (Wildman–Crippen LogP) is 3.29. The van der Waals surface area contributed by atoms with Gasteiger partial charge in [0.25, 0.3) is 5.91 Å². The summed E-state index contributed by atoms with van der Waals surface area (Å²) in [5.74, 6) is -0.139. The summed E-state index contributed by atoms with van der Waals surface area (Å²) in [6, 6.07) is 7.86. The molecule has 100 valence electrons. The van der Waals surface area contributed by atoms with E-state index in [4.69, 9.17) is 0 Å². The Morgan fingerprint density at radius 1 is 1.37 bits per heavy atom. The van der Waals surface area contributed by atoms with Gasteiger partial charge in [0, 0.05) is 11.0 Å². The number of nitrogens with one attached hydrogen (secondary N) is 1. The molecule has 1 heterocycles. The third kappa shape index (κ3) is 3.61. The first kappa shape index (κ1) is 14.1. The van der Waals surface area contributed by atoms with Crippen molar-refractivity contribution in [2.45, 2.75) is 19.8 Å². The van der Waals surface area contributed by atoms with Gasteiger partial charge in [0.15, 0.2) is 0 Å². The van der Waals surface area contributed by atoms with Gasteiger partial charge < -0.3 is 5.32 Å². The van der Waals surface area contributed by atoms with Gasteiger partial charge in [-0.05, 0) is 42.1 Å². The lowest BCUT2D eigenvalue weighted by atomic mass is 10.1. The zero-order chi connectivity index (χ0) is 13.7. The van der Waals surface area contributed by atoms with Crippen molar-refractivity contribution in [1.82, 2.24) is 9.59 Å². The van der Waals surface area contributed by atoms with E-state index in [-0.39, 0.29) is 5.91 Å². The number of alkyl halides is 1. The fourth-order valence-corrected chi connectivity index (χ4v) is 2.77. The number of halogens is 1. The molecule has 1 aromatic carbocycles. The molecule has 0 spiro atoms. The van der Waals surface area contributed by atoms with Crippen molar-refractivity contribution in [3.63, 3.8) is 0 Å². The number of aromatic nitrogens is 2. The second-order valence-corrected chi connectivity index (χ2v) is 5.54. The first-order chi connectivity index (χ1) is 9.24. The molecule has 0 aliphatic rings. The maximum absolute atomic E-state index is 12.1. The molecule has 0 radical (unpaired) electrons. The van der Waals surface area contributed by atoms with Crippen molar-refractivity contribution >= 4 is 39.1 Å². The molecular formula is C13H14BrN3OS. The molecule has 2 rings (SSSR count). The number of benzene rings is 1. The van der Waals surface area contributed by atoms with Crippen LogP contribution in [0.25, 0.3) is 0 Å². The first-order valence-corrected chi connectivity index (χ1v) is 7.91. The Morgan fingerprint density at radius 2 is 2.11 bits per heavy atom. The topological polar surface area (TPSA) is 54.9 Å². The van der Waals surface area contributed by atoms with Crippen LogP contribution in [0.4, 0.5) is 5.69 Å². The third-order valence-electron chi connectivity index (χ3n) is 2.69. The van der Waals surface area contributed by atoms with Gasteiger partial charge in [0.2, 0.25) is 0 Å². The van der Waals surface area contributed by atoms with Crippen LogP contribution in [0, 0.1) is 0 Å². The van der Waals surface area contributed by atoms with Gasteiger partial charge in [0.1, 0.15) is 4.88 Å². The SMILES string of the molecule is CCc1nnsc1C(=O)Nc1ccc(CCBr)cc1. The number of hydrogen-bond acceptors (Lipinski definition) is 4. The minimum atomic E-state index is -0.139. The predicted molar refractivity (Wildman–Crippen MR) is 81.2 cm³/mol. The first-order valence-electron chi connectivity index (χ1n) is 6.02. The minimum Gasteiger partial charge on any atom is -0.321 e. The molecule has 0 bridgehead atoms.